The van der Waals surface area contributed by atoms with E-state index < -0.39 is 23.0 Å². The van der Waals surface area contributed by atoms with Gasteiger partial charge in [-0.05, 0) is 12.1 Å². The number of pyridine rings is 1. The number of halogens is 3. The first-order valence-corrected chi connectivity index (χ1v) is 8.87. The fraction of sp³-hybridized carbons (Fsp3) is 0.353. The first-order chi connectivity index (χ1) is 14.2. The second-order valence-corrected chi connectivity index (χ2v) is 6.37. The molecule has 0 saturated carbocycles. The van der Waals surface area contributed by atoms with Crippen molar-refractivity contribution in [3.05, 3.63) is 50.6 Å². The van der Waals surface area contributed by atoms with Gasteiger partial charge in [0.05, 0.1) is 5.56 Å². The van der Waals surface area contributed by atoms with Gasteiger partial charge in [0.15, 0.2) is 5.65 Å². The van der Waals surface area contributed by atoms with Gasteiger partial charge in [0, 0.05) is 39.2 Å². The average molecular weight is 425 g/mol. The lowest BCUT2D eigenvalue weighted by molar-refractivity contribution is -0.137. The first kappa shape index (κ1) is 21.1. The van der Waals surface area contributed by atoms with E-state index in [2.05, 4.69) is 30.6 Å². The smallest absolute Gasteiger partial charge is 0.368 e. The molecule has 0 saturated heterocycles. The number of fused-ring (bicyclic) bond motifs is 1. The molecule has 0 radical (unpaired) electrons. The van der Waals surface area contributed by atoms with E-state index in [1.54, 1.807) is 0 Å². The highest BCUT2D eigenvalue weighted by Crippen LogP contribution is 2.33. The van der Waals surface area contributed by atoms with Crippen molar-refractivity contribution in [1.82, 2.24) is 29.8 Å². The quantitative estimate of drug-likeness (QED) is 0.408. The number of imidazole rings is 1. The van der Waals surface area contributed by atoms with E-state index in [4.69, 9.17) is 0 Å². The van der Waals surface area contributed by atoms with E-state index in [0.29, 0.717) is 5.82 Å². The summed E-state index contributed by atoms with van der Waals surface area (Å²) >= 11 is 0. The molecule has 3 heterocycles. The summed E-state index contributed by atoms with van der Waals surface area (Å²) in [5.41, 5.74) is -1.77. The number of hydrogen-bond donors (Lipinski definition) is 4. The highest BCUT2D eigenvalue weighted by Gasteiger charge is 2.33. The van der Waals surface area contributed by atoms with E-state index in [-0.39, 0.29) is 48.8 Å². The minimum Gasteiger partial charge on any atom is -0.368 e. The van der Waals surface area contributed by atoms with Crippen molar-refractivity contribution in [2.24, 2.45) is 7.05 Å². The Hall–Kier alpha value is -3.64. The molecule has 3 rings (SSSR count). The molecule has 0 aromatic carbocycles. The highest BCUT2D eigenvalue weighted by atomic mass is 19.4. The van der Waals surface area contributed by atoms with Crippen LogP contribution in [0.15, 0.2) is 27.9 Å². The second-order valence-electron chi connectivity index (χ2n) is 6.37. The number of H-pyrrole nitrogens is 2. The number of anilines is 1. The Morgan fingerprint density at radius 3 is 2.73 bits per heavy atom. The van der Waals surface area contributed by atoms with E-state index in [0.717, 1.165) is 6.07 Å². The SMILES string of the molecule is Cn1c(=O)[nH]c(=O)c2[nH]c(CCC(=O)NCCNc3ncccc3C(F)(F)F)nc21. The van der Waals surface area contributed by atoms with Gasteiger partial charge in [0.25, 0.3) is 5.56 Å². The number of rotatable bonds is 7. The third kappa shape index (κ3) is 4.67. The maximum atomic E-state index is 12.9. The molecule has 0 aliphatic heterocycles. The number of carbonyl (C=O) groups excluding carboxylic acids is 1. The third-order valence-electron chi connectivity index (χ3n) is 4.25. The molecular formula is C17H18F3N7O3. The lowest BCUT2D eigenvalue weighted by Gasteiger charge is -2.13. The standard InChI is InChI=1S/C17H18F3N7O3/c1-27-14-12(15(29)26-16(27)30)24-10(25-14)4-5-11(28)21-7-8-23-13-9(17(18,19)20)3-2-6-22-13/h2-3,6H,4-5,7-8H2,1H3,(H,21,28)(H,22,23)(H,24,25)(H,26,29,30). The van der Waals surface area contributed by atoms with E-state index in [1.165, 1.54) is 23.9 Å². The van der Waals surface area contributed by atoms with Gasteiger partial charge in [-0.3, -0.25) is 19.1 Å². The van der Waals surface area contributed by atoms with Crippen LogP contribution in [-0.4, -0.2) is 43.5 Å². The summed E-state index contributed by atoms with van der Waals surface area (Å²) in [6.45, 7) is 0.134. The monoisotopic (exact) mass is 425 g/mol. The molecule has 0 unspecified atom stereocenters. The number of alkyl halides is 3. The van der Waals surface area contributed by atoms with Crippen molar-refractivity contribution in [3.63, 3.8) is 0 Å². The number of nitrogens with zero attached hydrogens (tertiary/aromatic N) is 3. The van der Waals surface area contributed by atoms with Gasteiger partial charge in [0.1, 0.15) is 17.2 Å². The summed E-state index contributed by atoms with van der Waals surface area (Å²) in [4.78, 5) is 48.0. The number of amides is 1. The van der Waals surface area contributed by atoms with Crippen LogP contribution in [0, 0.1) is 0 Å². The minimum absolute atomic E-state index is 0.0308. The number of carbonyl (C=O) groups is 1. The molecular weight excluding hydrogens is 407 g/mol. The van der Waals surface area contributed by atoms with Crippen molar-refractivity contribution in [1.29, 1.82) is 0 Å². The lowest BCUT2D eigenvalue weighted by Crippen LogP contribution is -2.29. The molecule has 30 heavy (non-hydrogen) atoms. The molecule has 0 bridgehead atoms. The average Bonchev–Trinajstić information content (AvgIpc) is 3.13. The number of aromatic amines is 2. The lowest BCUT2D eigenvalue weighted by atomic mass is 10.2. The van der Waals surface area contributed by atoms with E-state index in [9.17, 15) is 27.6 Å². The van der Waals surface area contributed by atoms with Crippen molar-refractivity contribution >= 4 is 22.9 Å². The first-order valence-electron chi connectivity index (χ1n) is 8.87. The zero-order valence-corrected chi connectivity index (χ0v) is 15.8. The summed E-state index contributed by atoms with van der Waals surface area (Å²) in [5, 5.41) is 5.12. The van der Waals surface area contributed by atoms with Crippen molar-refractivity contribution in [2.75, 3.05) is 18.4 Å². The van der Waals surface area contributed by atoms with Crippen LogP contribution in [0.25, 0.3) is 11.2 Å². The number of hydrogen-bond acceptors (Lipinski definition) is 6. The molecule has 3 aromatic heterocycles. The number of aromatic nitrogens is 5. The number of nitrogens with one attached hydrogen (secondary N) is 4. The normalized spacial score (nSPS) is 11.6. The minimum atomic E-state index is -4.53. The third-order valence-corrected chi connectivity index (χ3v) is 4.25. The van der Waals surface area contributed by atoms with Crippen LogP contribution in [0.2, 0.25) is 0 Å². The maximum absolute atomic E-state index is 12.9. The Bertz CT molecular complexity index is 1180. The van der Waals surface area contributed by atoms with Gasteiger partial charge in [-0.2, -0.15) is 13.2 Å². The Balaban J connectivity index is 1.50. The van der Waals surface area contributed by atoms with Crippen molar-refractivity contribution < 1.29 is 18.0 Å². The predicted octanol–water partition coefficient (Wildman–Crippen LogP) is 0.525. The largest absolute Gasteiger partial charge is 0.419 e. The van der Waals surface area contributed by atoms with Gasteiger partial charge < -0.3 is 15.6 Å². The highest BCUT2D eigenvalue weighted by molar-refractivity contribution is 5.76. The van der Waals surface area contributed by atoms with Crippen LogP contribution in [0.5, 0.6) is 0 Å². The Kier molecular flexibility index (Phi) is 5.89. The molecule has 4 N–H and O–H groups in total. The van der Waals surface area contributed by atoms with Gasteiger partial charge in [-0.1, -0.05) is 0 Å². The van der Waals surface area contributed by atoms with E-state index >= 15 is 0 Å². The Morgan fingerprint density at radius 1 is 1.23 bits per heavy atom. The Morgan fingerprint density at radius 2 is 2.00 bits per heavy atom. The topological polar surface area (TPSA) is 138 Å². The molecule has 0 aliphatic rings. The molecule has 0 atom stereocenters. The van der Waals surface area contributed by atoms with Crippen LogP contribution in [0.3, 0.4) is 0 Å². The summed E-state index contributed by atoms with van der Waals surface area (Å²) < 4.78 is 39.9. The summed E-state index contributed by atoms with van der Waals surface area (Å²) in [6, 6.07) is 2.11. The van der Waals surface area contributed by atoms with Crippen molar-refractivity contribution in [2.45, 2.75) is 19.0 Å². The van der Waals surface area contributed by atoms with E-state index in [1.807, 2.05) is 0 Å². The van der Waals surface area contributed by atoms with Gasteiger partial charge in [-0.15, -0.1) is 0 Å². The van der Waals surface area contributed by atoms with Crippen LogP contribution in [0.1, 0.15) is 17.8 Å². The molecule has 1 amide bonds. The zero-order chi connectivity index (χ0) is 21.9. The van der Waals surface area contributed by atoms with Crippen LogP contribution >= 0.6 is 0 Å². The summed E-state index contributed by atoms with van der Waals surface area (Å²) in [7, 11) is 1.46. The zero-order valence-electron chi connectivity index (χ0n) is 15.8. The van der Waals surface area contributed by atoms with Crippen LogP contribution < -0.4 is 21.9 Å². The molecule has 13 heteroatoms. The molecule has 0 spiro atoms. The number of aryl methyl sites for hydroxylation is 2. The summed E-state index contributed by atoms with van der Waals surface area (Å²) in [6.07, 6.45) is -3.08. The van der Waals surface area contributed by atoms with Crippen LogP contribution in [-0.2, 0) is 24.4 Å². The maximum Gasteiger partial charge on any atom is 0.419 e. The predicted molar refractivity (Wildman–Crippen MR) is 101 cm³/mol. The van der Waals surface area contributed by atoms with Gasteiger partial charge in [-0.25, -0.2) is 14.8 Å². The molecule has 0 fully saturated rings. The fourth-order valence-corrected chi connectivity index (χ4v) is 2.75. The van der Waals surface area contributed by atoms with Gasteiger partial charge in [0.2, 0.25) is 5.91 Å². The van der Waals surface area contributed by atoms with Gasteiger partial charge >= 0.3 is 11.9 Å². The molecule has 3 aromatic rings. The van der Waals surface area contributed by atoms with Crippen molar-refractivity contribution in [3.8, 4) is 0 Å². The summed E-state index contributed by atoms with van der Waals surface area (Å²) in [5.74, 6) is -0.303. The molecule has 10 nitrogen and oxygen atoms in total. The Labute approximate surface area is 166 Å². The van der Waals surface area contributed by atoms with Crippen LogP contribution in [0.4, 0.5) is 19.0 Å². The molecule has 160 valence electrons. The fourth-order valence-electron chi connectivity index (χ4n) is 2.75. The second kappa shape index (κ2) is 8.39. The molecule has 0 aliphatic carbocycles.